The van der Waals surface area contributed by atoms with Crippen molar-refractivity contribution in [1.82, 2.24) is 0 Å². The Morgan fingerprint density at radius 2 is 1.65 bits per heavy atom. The second-order valence-electron chi connectivity index (χ2n) is 5.64. The normalized spacial score (nSPS) is 10.4. The zero-order chi connectivity index (χ0) is 16.7. The van der Waals surface area contributed by atoms with Gasteiger partial charge in [-0.25, -0.2) is 0 Å². The zero-order valence-corrected chi connectivity index (χ0v) is 14.1. The molecule has 2 rings (SSSR count). The number of benzene rings is 2. The molecule has 0 aliphatic heterocycles. The largest absolute Gasteiger partial charge is 0.484 e. The molecule has 0 unspecified atom stereocenters. The molecule has 2 N–H and O–H groups in total. The van der Waals surface area contributed by atoms with Gasteiger partial charge in [0, 0.05) is 22.9 Å². The highest BCUT2D eigenvalue weighted by molar-refractivity contribution is 6.30. The van der Waals surface area contributed by atoms with Gasteiger partial charge >= 0.3 is 0 Å². The third-order valence-electron chi connectivity index (χ3n) is 3.07. The van der Waals surface area contributed by atoms with Crippen molar-refractivity contribution in [1.29, 1.82) is 0 Å². The molecule has 0 heterocycles. The van der Waals surface area contributed by atoms with Crippen LogP contribution in [0.4, 0.5) is 11.4 Å². The minimum Gasteiger partial charge on any atom is -0.484 e. The summed E-state index contributed by atoms with van der Waals surface area (Å²) < 4.78 is 5.40. The van der Waals surface area contributed by atoms with E-state index in [1.165, 1.54) is 0 Å². The van der Waals surface area contributed by atoms with Gasteiger partial charge in [0.1, 0.15) is 5.75 Å². The molecular weight excluding hydrogens is 312 g/mol. The topological polar surface area (TPSA) is 50.4 Å². The van der Waals surface area contributed by atoms with Gasteiger partial charge in [0.05, 0.1) is 0 Å². The van der Waals surface area contributed by atoms with E-state index in [2.05, 4.69) is 24.5 Å². The molecule has 0 aromatic heterocycles. The maximum absolute atomic E-state index is 11.9. The molecule has 0 fully saturated rings. The monoisotopic (exact) mass is 332 g/mol. The molecule has 4 nitrogen and oxygen atoms in total. The van der Waals surface area contributed by atoms with Crippen molar-refractivity contribution in [2.75, 3.05) is 23.8 Å². The van der Waals surface area contributed by atoms with Crippen LogP contribution < -0.4 is 15.4 Å². The molecule has 0 spiro atoms. The van der Waals surface area contributed by atoms with Crippen LogP contribution in [0.2, 0.25) is 5.02 Å². The summed E-state index contributed by atoms with van der Waals surface area (Å²) >= 11 is 5.79. The summed E-state index contributed by atoms with van der Waals surface area (Å²) in [5, 5.41) is 6.76. The number of rotatable bonds is 7. The first-order valence-corrected chi connectivity index (χ1v) is 7.93. The van der Waals surface area contributed by atoms with Crippen molar-refractivity contribution in [3.05, 3.63) is 53.6 Å². The third kappa shape index (κ3) is 6.20. The summed E-state index contributed by atoms with van der Waals surface area (Å²) in [6, 6.07) is 14.5. The number of anilines is 2. The summed E-state index contributed by atoms with van der Waals surface area (Å²) in [6.45, 7) is 5.18. The van der Waals surface area contributed by atoms with Crippen LogP contribution in [0, 0.1) is 5.92 Å². The number of carbonyl (C=O) groups excluding carboxylic acids is 1. The fourth-order valence-corrected chi connectivity index (χ4v) is 2.00. The van der Waals surface area contributed by atoms with Gasteiger partial charge in [-0.2, -0.15) is 0 Å². The van der Waals surface area contributed by atoms with Gasteiger partial charge in [0.25, 0.3) is 5.91 Å². The second kappa shape index (κ2) is 8.44. The van der Waals surface area contributed by atoms with E-state index in [0.29, 0.717) is 16.7 Å². The standard InChI is InChI=1S/C18H21ClN2O2/c1-13(2)11-20-15-5-7-16(8-6-15)21-18(22)12-23-17-9-3-14(19)4-10-17/h3-10,13,20H,11-12H2,1-2H3,(H,21,22). The van der Waals surface area contributed by atoms with Crippen LogP contribution in [0.25, 0.3) is 0 Å². The predicted molar refractivity (Wildman–Crippen MR) is 95.3 cm³/mol. The number of nitrogens with one attached hydrogen (secondary N) is 2. The van der Waals surface area contributed by atoms with Crippen LogP contribution in [-0.4, -0.2) is 19.1 Å². The molecule has 5 heteroatoms. The average Bonchev–Trinajstić information content (AvgIpc) is 2.53. The van der Waals surface area contributed by atoms with Crippen LogP contribution in [0.5, 0.6) is 5.75 Å². The molecule has 0 saturated carbocycles. The van der Waals surface area contributed by atoms with Gasteiger partial charge in [-0.1, -0.05) is 25.4 Å². The fraction of sp³-hybridized carbons (Fsp3) is 0.278. The first-order chi connectivity index (χ1) is 11.0. The molecule has 2 aromatic carbocycles. The predicted octanol–water partition coefficient (Wildman–Crippen LogP) is 4.43. The summed E-state index contributed by atoms with van der Waals surface area (Å²) in [5.41, 5.74) is 1.78. The van der Waals surface area contributed by atoms with E-state index >= 15 is 0 Å². The van der Waals surface area contributed by atoms with Crippen molar-refractivity contribution in [3.8, 4) is 5.75 Å². The fourth-order valence-electron chi connectivity index (χ4n) is 1.87. The maximum atomic E-state index is 11.9. The highest BCUT2D eigenvalue weighted by Crippen LogP contribution is 2.16. The van der Waals surface area contributed by atoms with Gasteiger partial charge in [0.15, 0.2) is 6.61 Å². The summed E-state index contributed by atoms with van der Waals surface area (Å²) in [7, 11) is 0. The summed E-state index contributed by atoms with van der Waals surface area (Å²) in [4.78, 5) is 11.9. The van der Waals surface area contributed by atoms with Crippen LogP contribution in [0.3, 0.4) is 0 Å². The number of carbonyl (C=O) groups is 1. The Balaban J connectivity index is 1.79. The van der Waals surface area contributed by atoms with E-state index in [1.807, 2.05) is 24.3 Å². The molecule has 0 aliphatic carbocycles. The zero-order valence-electron chi connectivity index (χ0n) is 13.3. The highest BCUT2D eigenvalue weighted by Gasteiger charge is 2.04. The molecule has 0 radical (unpaired) electrons. The number of ether oxygens (including phenoxy) is 1. The Morgan fingerprint density at radius 3 is 2.26 bits per heavy atom. The van der Waals surface area contributed by atoms with Gasteiger partial charge in [-0.05, 0) is 54.4 Å². The summed E-state index contributed by atoms with van der Waals surface area (Å²) in [6.07, 6.45) is 0. The van der Waals surface area contributed by atoms with Crippen LogP contribution in [0.1, 0.15) is 13.8 Å². The van der Waals surface area contributed by atoms with Gasteiger partial charge < -0.3 is 15.4 Å². The molecule has 23 heavy (non-hydrogen) atoms. The maximum Gasteiger partial charge on any atom is 0.262 e. The Bertz CT molecular complexity index is 624. The van der Waals surface area contributed by atoms with Crippen LogP contribution in [-0.2, 0) is 4.79 Å². The van der Waals surface area contributed by atoms with Gasteiger partial charge in [-0.3, -0.25) is 4.79 Å². The van der Waals surface area contributed by atoms with Crippen molar-refractivity contribution >= 4 is 28.9 Å². The molecule has 0 aliphatic rings. The number of amides is 1. The Morgan fingerprint density at radius 1 is 1.04 bits per heavy atom. The molecule has 0 atom stereocenters. The summed E-state index contributed by atoms with van der Waals surface area (Å²) in [5.74, 6) is 0.986. The van der Waals surface area contributed by atoms with Crippen molar-refractivity contribution in [2.24, 2.45) is 5.92 Å². The van der Waals surface area contributed by atoms with E-state index < -0.39 is 0 Å². The van der Waals surface area contributed by atoms with Crippen molar-refractivity contribution in [3.63, 3.8) is 0 Å². The molecule has 122 valence electrons. The van der Waals surface area contributed by atoms with E-state index in [0.717, 1.165) is 17.9 Å². The van der Waals surface area contributed by atoms with Crippen LogP contribution in [0.15, 0.2) is 48.5 Å². The Labute approximate surface area is 141 Å². The minimum absolute atomic E-state index is 0.0466. The number of halogens is 1. The molecule has 0 bridgehead atoms. The minimum atomic E-state index is -0.206. The van der Waals surface area contributed by atoms with E-state index in [9.17, 15) is 4.79 Å². The smallest absolute Gasteiger partial charge is 0.262 e. The average molecular weight is 333 g/mol. The number of hydrogen-bond donors (Lipinski definition) is 2. The lowest BCUT2D eigenvalue weighted by Gasteiger charge is -2.10. The highest BCUT2D eigenvalue weighted by atomic mass is 35.5. The third-order valence-corrected chi connectivity index (χ3v) is 3.32. The number of hydrogen-bond acceptors (Lipinski definition) is 3. The lowest BCUT2D eigenvalue weighted by atomic mass is 10.2. The van der Waals surface area contributed by atoms with E-state index in [-0.39, 0.29) is 12.5 Å². The first-order valence-electron chi connectivity index (χ1n) is 7.55. The van der Waals surface area contributed by atoms with Crippen molar-refractivity contribution in [2.45, 2.75) is 13.8 Å². The van der Waals surface area contributed by atoms with Gasteiger partial charge in [-0.15, -0.1) is 0 Å². The van der Waals surface area contributed by atoms with Crippen molar-refractivity contribution < 1.29 is 9.53 Å². The quantitative estimate of drug-likeness (QED) is 0.788. The van der Waals surface area contributed by atoms with Gasteiger partial charge in [0.2, 0.25) is 0 Å². The lowest BCUT2D eigenvalue weighted by molar-refractivity contribution is -0.118. The van der Waals surface area contributed by atoms with E-state index in [1.54, 1.807) is 24.3 Å². The van der Waals surface area contributed by atoms with E-state index in [4.69, 9.17) is 16.3 Å². The molecule has 0 saturated heterocycles. The molecule has 2 aromatic rings. The SMILES string of the molecule is CC(C)CNc1ccc(NC(=O)COc2ccc(Cl)cc2)cc1. The lowest BCUT2D eigenvalue weighted by Crippen LogP contribution is -2.20. The van der Waals surface area contributed by atoms with Crippen LogP contribution >= 0.6 is 11.6 Å². The second-order valence-corrected chi connectivity index (χ2v) is 6.08. The first kappa shape index (κ1) is 17.2. The molecular formula is C18H21ClN2O2. The molecule has 1 amide bonds. The Kier molecular flexibility index (Phi) is 6.29. The Hall–Kier alpha value is -2.20.